The second kappa shape index (κ2) is 5.32. The first-order valence-electron chi connectivity index (χ1n) is 4.26. The Morgan fingerprint density at radius 1 is 1.57 bits per heavy atom. The van der Waals surface area contributed by atoms with Crippen molar-refractivity contribution in [1.29, 1.82) is 0 Å². The monoisotopic (exact) mass is 231 g/mol. The summed E-state index contributed by atoms with van der Waals surface area (Å²) >= 11 is 7.60. The van der Waals surface area contributed by atoms with E-state index < -0.39 is 0 Å². The highest BCUT2D eigenvalue weighted by Gasteiger charge is 2.03. The van der Waals surface area contributed by atoms with Crippen molar-refractivity contribution in [2.75, 3.05) is 36.2 Å². The van der Waals surface area contributed by atoms with Crippen LogP contribution in [-0.4, -0.2) is 30.6 Å². The number of anilines is 2. The quantitative estimate of drug-likeness (QED) is 0.807. The number of pyridine rings is 1. The van der Waals surface area contributed by atoms with Gasteiger partial charge >= 0.3 is 0 Å². The van der Waals surface area contributed by atoms with E-state index in [1.54, 1.807) is 17.8 Å². The first-order valence-corrected chi connectivity index (χ1v) is 6.04. The van der Waals surface area contributed by atoms with Gasteiger partial charge in [0.25, 0.3) is 0 Å². The van der Waals surface area contributed by atoms with Crippen molar-refractivity contribution in [3.63, 3.8) is 0 Å². The summed E-state index contributed by atoms with van der Waals surface area (Å²) < 4.78 is 0. The van der Waals surface area contributed by atoms with Crippen LogP contribution in [0.2, 0.25) is 5.15 Å². The van der Waals surface area contributed by atoms with E-state index in [-0.39, 0.29) is 0 Å². The van der Waals surface area contributed by atoms with Crippen molar-refractivity contribution in [3.8, 4) is 0 Å². The number of thioether (sulfide) groups is 1. The van der Waals surface area contributed by atoms with E-state index in [0.717, 1.165) is 18.1 Å². The lowest BCUT2D eigenvalue weighted by Crippen LogP contribution is -2.21. The zero-order valence-corrected chi connectivity index (χ0v) is 9.90. The number of halogens is 1. The SMILES string of the molecule is CSCCN(C)c1cc(N)cc(Cl)n1. The average Bonchev–Trinajstić information content (AvgIpc) is 2.12. The molecule has 0 radical (unpaired) electrons. The third kappa shape index (κ3) is 3.27. The number of hydrogen-bond donors (Lipinski definition) is 1. The van der Waals surface area contributed by atoms with Crippen LogP contribution in [0.15, 0.2) is 12.1 Å². The fourth-order valence-corrected chi connectivity index (χ4v) is 1.71. The van der Waals surface area contributed by atoms with E-state index >= 15 is 0 Å². The Hall–Kier alpha value is -0.610. The molecule has 2 N–H and O–H groups in total. The van der Waals surface area contributed by atoms with Crippen LogP contribution in [0.5, 0.6) is 0 Å². The molecule has 0 spiro atoms. The topological polar surface area (TPSA) is 42.1 Å². The highest BCUT2D eigenvalue weighted by molar-refractivity contribution is 7.98. The molecular weight excluding hydrogens is 218 g/mol. The van der Waals surface area contributed by atoms with Gasteiger partial charge in [0.05, 0.1) is 0 Å². The Bertz CT molecular complexity index is 286. The smallest absolute Gasteiger partial charge is 0.133 e. The standard InChI is InChI=1S/C9H14ClN3S/c1-13(3-4-14-2)9-6-7(11)5-8(10)12-9/h5-6H,3-4H2,1-2H3,(H2,11,12). The van der Waals surface area contributed by atoms with Crippen LogP contribution < -0.4 is 10.6 Å². The van der Waals surface area contributed by atoms with E-state index in [1.807, 2.05) is 18.0 Å². The summed E-state index contributed by atoms with van der Waals surface area (Å²) in [6, 6.07) is 3.47. The highest BCUT2D eigenvalue weighted by Crippen LogP contribution is 2.18. The summed E-state index contributed by atoms with van der Waals surface area (Å²) in [6.45, 7) is 0.938. The van der Waals surface area contributed by atoms with Gasteiger partial charge in [-0.1, -0.05) is 11.6 Å². The van der Waals surface area contributed by atoms with Gasteiger partial charge in [-0.15, -0.1) is 0 Å². The second-order valence-electron chi connectivity index (χ2n) is 3.00. The summed E-state index contributed by atoms with van der Waals surface area (Å²) in [7, 11) is 1.98. The third-order valence-electron chi connectivity index (χ3n) is 1.82. The molecule has 14 heavy (non-hydrogen) atoms. The molecule has 0 aromatic carbocycles. The molecule has 0 saturated heterocycles. The van der Waals surface area contributed by atoms with Crippen LogP contribution in [0.3, 0.4) is 0 Å². The molecule has 0 saturated carbocycles. The van der Waals surface area contributed by atoms with Crippen LogP contribution in [0.4, 0.5) is 11.5 Å². The van der Waals surface area contributed by atoms with Gasteiger partial charge in [-0.3, -0.25) is 0 Å². The summed E-state index contributed by atoms with van der Waals surface area (Å²) in [6.07, 6.45) is 2.08. The lowest BCUT2D eigenvalue weighted by Gasteiger charge is -2.17. The lowest BCUT2D eigenvalue weighted by atomic mass is 10.4. The van der Waals surface area contributed by atoms with E-state index in [4.69, 9.17) is 17.3 Å². The van der Waals surface area contributed by atoms with Gasteiger partial charge < -0.3 is 10.6 Å². The number of rotatable bonds is 4. The molecule has 1 aromatic heterocycles. The number of hydrogen-bond acceptors (Lipinski definition) is 4. The first kappa shape index (κ1) is 11.5. The van der Waals surface area contributed by atoms with Gasteiger partial charge in [0, 0.05) is 31.1 Å². The minimum atomic E-state index is 0.441. The molecule has 1 aromatic rings. The Kier molecular flexibility index (Phi) is 4.35. The van der Waals surface area contributed by atoms with Crippen LogP contribution in [0.1, 0.15) is 0 Å². The van der Waals surface area contributed by atoms with E-state index in [1.165, 1.54) is 0 Å². The molecule has 0 amide bonds. The molecule has 0 atom stereocenters. The van der Waals surface area contributed by atoms with Gasteiger partial charge in [0.15, 0.2) is 0 Å². The molecule has 0 unspecified atom stereocenters. The fraction of sp³-hybridized carbons (Fsp3) is 0.444. The van der Waals surface area contributed by atoms with Gasteiger partial charge in [0.1, 0.15) is 11.0 Å². The van der Waals surface area contributed by atoms with Crippen LogP contribution in [0.25, 0.3) is 0 Å². The number of nitrogen functional groups attached to an aromatic ring is 1. The van der Waals surface area contributed by atoms with Crippen molar-refractivity contribution in [1.82, 2.24) is 4.98 Å². The Morgan fingerprint density at radius 3 is 2.86 bits per heavy atom. The Morgan fingerprint density at radius 2 is 2.29 bits per heavy atom. The van der Waals surface area contributed by atoms with Gasteiger partial charge in [0.2, 0.25) is 0 Å². The molecule has 3 nitrogen and oxygen atoms in total. The molecule has 1 rings (SSSR count). The molecule has 1 heterocycles. The fourth-order valence-electron chi connectivity index (χ4n) is 1.04. The summed E-state index contributed by atoms with van der Waals surface area (Å²) in [5.74, 6) is 1.88. The minimum Gasteiger partial charge on any atom is -0.399 e. The zero-order chi connectivity index (χ0) is 10.6. The molecule has 0 fully saturated rings. The van der Waals surface area contributed by atoms with Gasteiger partial charge in [-0.25, -0.2) is 4.98 Å². The van der Waals surface area contributed by atoms with Crippen LogP contribution in [-0.2, 0) is 0 Å². The summed E-state index contributed by atoms with van der Waals surface area (Å²) in [5.41, 5.74) is 6.32. The van der Waals surface area contributed by atoms with Crippen molar-refractivity contribution < 1.29 is 0 Å². The number of aromatic nitrogens is 1. The molecule has 0 aliphatic rings. The maximum Gasteiger partial charge on any atom is 0.133 e. The second-order valence-corrected chi connectivity index (χ2v) is 4.37. The van der Waals surface area contributed by atoms with Crippen molar-refractivity contribution in [3.05, 3.63) is 17.3 Å². The molecule has 0 aliphatic carbocycles. The first-order chi connectivity index (χ1) is 6.63. The van der Waals surface area contributed by atoms with E-state index in [2.05, 4.69) is 11.2 Å². The Labute approximate surface area is 93.6 Å². The normalized spacial score (nSPS) is 10.2. The van der Waals surface area contributed by atoms with Crippen molar-refractivity contribution in [2.45, 2.75) is 0 Å². The molecule has 5 heteroatoms. The molecule has 0 bridgehead atoms. The average molecular weight is 232 g/mol. The van der Waals surface area contributed by atoms with Crippen molar-refractivity contribution >= 4 is 34.9 Å². The number of nitrogens with zero attached hydrogens (tertiary/aromatic N) is 2. The maximum atomic E-state index is 5.81. The third-order valence-corrected chi connectivity index (χ3v) is 2.61. The lowest BCUT2D eigenvalue weighted by molar-refractivity contribution is 0.948. The van der Waals surface area contributed by atoms with Crippen LogP contribution in [0, 0.1) is 0 Å². The highest BCUT2D eigenvalue weighted by atomic mass is 35.5. The summed E-state index contributed by atoms with van der Waals surface area (Å²) in [4.78, 5) is 6.23. The zero-order valence-electron chi connectivity index (χ0n) is 8.33. The van der Waals surface area contributed by atoms with Gasteiger partial charge in [-0.2, -0.15) is 11.8 Å². The van der Waals surface area contributed by atoms with Crippen LogP contribution >= 0.6 is 23.4 Å². The number of nitrogens with two attached hydrogens (primary N) is 1. The van der Waals surface area contributed by atoms with E-state index in [9.17, 15) is 0 Å². The van der Waals surface area contributed by atoms with E-state index in [0.29, 0.717) is 10.8 Å². The molecule has 78 valence electrons. The summed E-state index contributed by atoms with van der Waals surface area (Å²) in [5, 5.41) is 0.441. The predicted molar refractivity (Wildman–Crippen MR) is 65.3 cm³/mol. The Balaban J connectivity index is 2.73. The molecule has 0 aliphatic heterocycles. The largest absolute Gasteiger partial charge is 0.399 e. The predicted octanol–water partition coefficient (Wildman–Crippen LogP) is 2.12. The minimum absolute atomic E-state index is 0.441. The van der Waals surface area contributed by atoms with Gasteiger partial charge in [-0.05, 0) is 12.3 Å². The maximum absolute atomic E-state index is 5.81. The molecular formula is C9H14ClN3S. The van der Waals surface area contributed by atoms with Crippen molar-refractivity contribution in [2.24, 2.45) is 0 Å².